The molecule has 4 N–H and O–H groups in total. The standard InChI is InChI=1S/C39H54N6O7S/c1-39(2,3)36(43-38(48)44(4)25-31-16-11-17-32(41-31)27-52-5)37(47)42-34(22-28-12-7-6-8-13-28)35(46)26-45(24-30-14-9-10-15-30)53(50,51)33-20-18-29(19-21-33)23-40-49/h6-8,11-13,16-21,23,30,34-36,46,49H,9-10,14-15,22,24-27H2,1-5H3,(H,42,47)(H,43,48)/b40-23+/t34-,35?,36-/m0/s1. The number of rotatable bonds is 17. The molecule has 0 bridgehead atoms. The van der Waals surface area contributed by atoms with Crippen molar-refractivity contribution in [2.45, 2.75) is 89.1 Å². The smallest absolute Gasteiger partial charge is 0.318 e. The van der Waals surface area contributed by atoms with Gasteiger partial charge in [0.25, 0.3) is 0 Å². The summed E-state index contributed by atoms with van der Waals surface area (Å²) in [7, 11) is -0.866. The Labute approximate surface area is 313 Å². The minimum Gasteiger partial charge on any atom is -0.411 e. The lowest BCUT2D eigenvalue weighted by Gasteiger charge is -2.35. The Hall–Kier alpha value is -4.37. The monoisotopic (exact) mass is 750 g/mol. The van der Waals surface area contributed by atoms with Crippen LogP contribution in [0.3, 0.4) is 0 Å². The molecule has 1 aliphatic carbocycles. The first-order valence-corrected chi connectivity index (χ1v) is 19.4. The minimum absolute atomic E-state index is 0.0432. The molecule has 53 heavy (non-hydrogen) atoms. The van der Waals surface area contributed by atoms with Crippen LogP contribution in [-0.2, 0) is 39.1 Å². The van der Waals surface area contributed by atoms with Gasteiger partial charge < -0.3 is 30.6 Å². The Bertz CT molecular complexity index is 1760. The number of oxime groups is 1. The van der Waals surface area contributed by atoms with Crippen molar-refractivity contribution in [3.63, 3.8) is 0 Å². The Morgan fingerprint density at radius 1 is 1.00 bits per heavy atom. The number of aromatic nitrogens is 1. The number of urea groups is 1. The van der Waals surface area contributed by atoms with Crippen LogP contribution in [0.25, 0.3) is 0 Å². The van der Waals surface area contributed by atoms with Crippen LogP contribution in [0.15, 0.2) is 82.8 Å². The number of pyridine rings is 1. The van der Waals surface area contributed by atoms with E-state index in [1.54, 1.807) is 26.3 Å². The zero-order valence-corrected chi connectivity index (χ0v) is 32.1. The van der Waals surface area contributed by atoms with Gasteiger partial charge in [-0.05, 0) is 66.0 Å². The van der Waals surface area contributed by atoms with Gasteiger partial charge in [-0.25, -0.2) is 13.2 Å². The third-order valence-corrected chi connectivity index (χ3v) is 11.3. The van der Waals surface area contributed by atoms with Crippen LogP contribution < -0.4 is 10.6 Å². The van der Waals surface area contributed by atoms with E-state index in [4.69, 9.17) is 9.94 Å². The summed E-state index contributed by atoms with van der Waals surface area (Å²) in [5.41, 5.74) is 2.02. The highest BCUT2D eigenvalue weighted by Crippen LogP contribution is 2.29. The number of benzene rings is 2. The van der Waals surface area contributed by atoms with Crippen molar-refractivity contribution in [3.8, 4) is 0 Å². The van der Waals surface area contributed by atoms with Gasteiger partial charge in [0, 0.05) is 27.2 Å². The van der Waals surface area contributed by atoms with E-state index in [0.29, 0.717) is 17.9 Å². The quantitative estimate of drug-likeness (QED) is 0.0883. The van der Waals surface area contributed by atoms with Gasteiger partial charge in [-0.3, -0.25) is 9.78 Å². The molecule has 3 atom stereocenters. The molecular weight excluding hydrogens is 697 g/mol. The molecule has 1 unspecified atom stereocenters. The van der Waals surface area contributed by atoms with Crippen molar-refractivity contribution in [1.82, 2.24) is 24.8 Å². The highest BCUT2D eigenvalue weighted by atomic mass is 32.2. The molecule has 0 spiro atoms. The molecular formula is C39H54N6O7S. The number of ether oxygens (including phenoxy) is 1. The van der Waals surface area contributed by atoms with Crippen molar-refractivity contribution in [2.24, 2.45) is 16.5 Å². The third-order valence-electron chi connectivity index (χ3n) is 9.44. The fraction of sp³-hybridized carbons (Fsp3) is 0.487. The van der Waals surface area contributed by atoms with Crippen LogP contribution in [0.2, 0.25) is 0 Å². The van der Waals surface area contributed by atoms with Gasteiger partial charge >= 0.3 is 6.03 Å². The molecule has 0 aliphatic heterocycles. The van der Waals surface area contributed by atoms with E-state index in [9.17, 15) is 23.1 Å². The number of amides is 3. The second-order valence-corrected chi connectivity index (χ2v) is 16.8. The second kappa shape index (κ2) is 19.1. The number of sulfonamides is 1. The largest absolute Gasteiger partial charge is 0.411 e. The molecule has 1 aliphatic rings. The van der Waals surface area contributed by atoms with E-state index >= 15 is 0 Å². The predicted molar refractivity (Wildman–Crippen MR) is 203 cm³/mol. The Morgan fingerprint density at radius 2 is 1.66 bits per heavy atom. The highest BCUT2D eigenvalue weighted by Gasteiger charge is 2.37. The molecule has 288 valence electrons. The zero-order chi connectivity index (χ0) is 38.6. The van der Waals surface area contributed by atoms with Crippen LogP contribution in [-0.4, -0.2) is 96.5 Å². The van der Waals surface area contributed by atoms with Gasteiger partial charge in [-0.15, -0.1) is 0 Å². The number of aliphatic hydroxyl groups excluding tert-OH is 1. The molecule has 0 radical (unpaired) electrons. The molecule has 1 aromatic heterocycles. The maximum absolute atomic E-state index is 14.2. The molecule has 3 amide bonds. The number of hydrogen-bond donors (Lipinski definition) is 4. The number of hydrogen-bond acceptors (Lipinski definition) is 9. The van der Waals surface area contributed by atoms with Crippen LogP contribution in [0, 0.1) is 11.3 Å². The van der Waals surface area contributed by atoms with Gasteiger partial charge in [0.15, 0.2) is 0 Å². The lowest BCUT2D eigenvalue weighted by atomic mass is 9.85. The van der Waals surface area contributed by atoms with Crippen LogP contribution in [0.4, 0.5) is 4.79 Å². The third kappa shape index (κ3) is 12.1. The lowest BCUT2D eigenvalue weighted by Crippen LogP contribution is -2.60. The second-order valence-electron chi connectivity index (χ2n) is 14.8. The fourth-order valence-corrected chi connectivity index (χ4v) is 8.05. The molecule has 2 aromatic carbocycles. The average molecular weight is 751 g/mol. The summed E-state index contributed by atoms with van der Waals surface area (Å²) in [5.74, 6) is -0.374. The average Bonchev–Trinajstić information content (AvgIpc) is 3.64. The summed E-state index contributed by atoms with van der Waals surface area (Å²) in [6.45, 7) is 6.00. The maximum atomic E-state index is 14.2. The number of methoxy groups -OCH3 is 1. The molecule has 14 heteroatoms. The number of nitrogens with one attached hydrogen (secondary N) is 2. The summed E-state index contributed by atoms with van der Waals surface area (Å²) in [4.78, 5) is 33.7. The van der Waals surface area contributed by atoms with Crippen molar-refractivity contribution in [1.29, 1.82) is 0 Å². The molecule has 0 saturated heterocycles. The van der Waals surface area contributed by atoms with Crippen molar-refractivity contribution in [2.75, 3.05) is 27.2 Å². The van der Waals surface area contributed by atoms with Crippen LogP contribution in [0.5, 0.6) is 0 Å². The lowest BCUT2D eigenvalue weighted by molar-refractivity contribution is -0.127. The summed E-state index contributed by atoms with van der Waals surface area (Å²) in [5, 5.41) is 29.7. The Balaban J connectivity index is 1.57. The first-order chi connectivity index (χ1) is 25.2. The van der Waals surface area contributed by atoms with E-state index in [-0.39, 0.29) is 36.9 Å². The normalized spacial score (nSPS) is 15.7. The molecule has 1 fully saturated rings. The molecule has 1 heterocycles. The first-order valence-electron chi connectivity index (χ1n) is 18.0. The Morgan fingerprint density at radius 3 is 2.28 bits per heavy atom. The number of carbonyl (C=O) groups excluding carboxylic acids is 2. The molecule has 1 saturated carbocycles. The Kier molecular flexibility index (Phi) is 14.9. The summed E-state index contributed by atoms with van der Waals surface area (Å²) in [6.07, 6.45) is 3.90. The minimum atomic E-state index is -4.07. The van der Waals surface area contributed by atoms with Gasteiger partial charge in [-0.2, -0.15) is 4.31 Å². The van der Waals surface area contributed by atoms with E-state index in [2.05, 4.69) is 20.8 Å². The van der Waals surface area contributed by atoms with E-state index in [1.807, 2.05) is 69.3 Å². The van der Waals surface area contributed by atoms with Gasteiger partial charge in [0.2, 0.25) is 15.9 Å². The van der Waals surface area contributed by atoms with Crippen LogP contribution in [0.1, 0.15) is 69.0 Å². The highest BCUT2D eigenvalue weighted by molar-refractivity contribution is 7.89. The maximum Gasteiger partial charge on any atom is 0.318 e. The summed E-state index contributed by atoms with van der Waals surface area (Å²) < 4.78 is 34.7. The van der Waals surface area contributed by atoms with Crippen molar-refractivity contribution >= 4 is 28.2 Å². The number of nitrogens with zero attached hydrogens (tertiary/aromatic N) is 4. The molecule has 3 aromatic rings. The van der Waals surface area contributed by atoms with Gasteiger partial charge in [-0.1, -0.05) is 87.3 Å². The van der Waals surface area contributed by atoms with Gasteiger partial charge in [0.1, 0.15) is 6.04 Å². The van der Waals surface area contributed by atoms with E-state index in [1.165, 1.54) is 27.6 Å². The zero-order valence-electron chi connectivity index (χ0n) is 31.3. The summed E-state index contributed by atoms with van der Waals surface area (Å²) >= 11 is 0. The van der Waals surface area contributed by atoms with Gasteiger partial charge in [0.05, 0.1) is 47.8 Å². The predicted octanol–water partition coefficient (Wildman–Crippen LogP) is 4.56. The summed E-state index contributed by atoms with van der Waals surface area (Å²) in [6, 6.07) is 18.4. The number of aliphatic hydroxyl groups is 1. The van der Waals surface area contributed by atoms with E-state index < -0.39 is 45.6 Å². The fourth-order valence-electron chi connectivity index (χ4n) is 6.52. The van der Waals surface area contributed by atoms with E-state index in [0.717, 1.165) is 36.9 Å². The van der Waals surface area contributed by atoms with Crippen molar-refractivity contribution in [3.05, 3.63) is 95.3 Å². The van der Waals surface area contributed by atoms with Crippen LogP contribution >= 0.6 is 0 Å². The topological polar surface area (TPSA) is 174 Å². The number of carbonyl (C=O) groups is 2. The first kappa shape index (κ1) is 41.4. The molecule has 4 rings (SSSR count). The van der Waals surface area contributed by atoms with Crippen molar-refractivity contribution < 1.29 is 33.1 Å². The SMILES string of the molecule is COCc1cccc(CN(C)C(=O)N[C@@H](C(=O)N[C@@H](Cc2ccccc2)C(O)CN(CC2CCCC2)S(=O)(=O)c2ccc(/C=N/O)cc2)C(C)(C)C)n1. The molecule has 13 nitrogen and oxygen atoms in total.